The molecule has 0 atom stereocenters. The Morgan fingerprint density at radius 1 is 1.22 bits per heavy atom. The highest BCUT2D eigenvalue weighted by molar-refractivity contribution is 5.79. The number of carbonyl (C=O) groups excluding carboxylic acids is 2. The Labute approximate surface area is 104 Å². The Balaban J connectivity index is 0.000000199. The van der Waals surface area contributed by atoms with Crippen LogP contribution in [0, 0.1) is 0 Å². The van der Waals surface area contributed by atoms with Gasteiger partial charge >= 0.3 is 0 Å². The number of hydrogen-bond donors (Lipinski definition) is 1. The quantitative estimate of drug-likeness (QED) is 0.843. The lowest BCUT2D eigenvalue weighted by Crippen LogP contribution is -1.85. The van der Waals surface area contributed by atoms with Crippen molar-refractivity contribution in [2.45, 2.75) is 0 Å². The summed E-state index contributed by atoms with van der Waals surface area (Å²) >= 11 is 0. The fourth-order valence-corrected chi connectivity index (χ4v) is 1.11. The number of phenols is 1. The van der Waals surface area contributed by atoms with Crippen molar-refractivity contribution in [2.75, 3.05) is 7.11 Å². The van der Waals surface area contributed by atoms with E-state index in [0.29, 0.717) is 24.1 Å². The smallest absolute Gasteiger partial charge is 0.185 e. The van der Waals surface area contributed by atoms with E-state index in [1.807, 2.05) is 0 Å². The van der Waals surface area contributed by atoms with E-state index < -0.39 is 0 Å². The third-order valence-electron chi connectivity index (χ3n) is 2.02. The van der Waals surface area contributed by atoms with Crippen LogP contribution in [0.4, 0.5) is 0 Å². The van der Waals surface area contributed by atoms with Crippen molar-refractivity contribution in [1.29, 1.82) is 0 Å². The van der Waals surface area contributed by atoms with Crippen LogP contribution in [0.3, 0.4) is 0 Å². The van der Waals surface area contributed by atoms with Gasteiger partial charge < -0.3 is 14.3 Å². The standard InChI is InChI=1S/C8H8O3.C5H4O2/c1-11-7-2-3-8(10)6(4-7)5-9;6-4-5-2-1-3-7-5/h2-5,10H,1H3;1-4H. The summed E-state index contributed by atoms with van der Waals surface area (Å²) in [5.41, 5.74) is 0.240. The first-order chi connectivity index (χ1) is 8.71. The molecule has 1 aromatic heterocycles. The highest BCUT2D eigenvalue weighted by Crippen LogP contribution is 2.20. The van der Waals surface area contributed by atoms with Crippen LogP contribution < -0.4 is 4.74 Å². The minimum absolute atomic E-state index is 0.0270. The summed E-state index contributed by atoms with van der Waals surface area (Å²) in [6.45, 7) is 0. The summed E-state index contributed by atoms with van der Waals surface area (Å²) in [5.74, 6) is 0.908. The second kappa shape index (κ2) is 6.90. The molecule has 94 valence electrons. The summed E-state index contributed by atoms with van der Waals surface area (Å²) in [5, 5.41) is 9.04. The highest BCUT2D eigenvalue weighted by atomic mass is 16.5. The van der Waals surface area contributed by atoms with E-state index in [9.17, 15) is 9.59 Å². The van der Waals surface area contributed by atoms with Gasteiger partial charge in [0.1, 0.15) is 11.5 Å². The van der Waals surface area contributed by atoms with E-state index in [2.05, 4.69) is 4.42 Å². The number of hydrogen-bond acceptors (Lipinski definition) is 5. The van der Waals surface area contributed by atoms with E-state index in [1.165, 1.54) is 25.5 Å². The van der Waals surface area contributed by atoms with Crippen molar-refractivity contribution in [3.63, 3.8) is 0 Å². The van der Waals surface area contributed by atoms with Crippen LogP contribution >= 0.6 is 0 Å². The van der Waals surface area contributed by atoms with Crippen molar-refractivity contribution in [3.05, 3.63) is 47.9 Å². The largest absolute Gasteiger partial charge is 0.507 e. The minimum atomic E-state index is -0.0270. The lowest BCUT2D eigenvalue weighted by atomic mass is 10.2. The Morgan fingerprint density at radius 2 is 2.00 bits per heavy atom. The third kappa shape index (κ3) is 3.79. The van der Waals surface area contributed by atoms with Crippen molar-refractivity contribution in [3.8, 4) is 11.5 Å². The number of carbonyl (C=O) groups is 2. The zero-order valence-electron chi connectivity index (χ0n) is 9.70. The summed E-state index contributed by atoms with van der Waals surface area (Å²) < 4.78 is 9.46. The molecule has 0 aliphatic heterocycles. The Bertz CT molecular complexity index is 502. The number of ether oxygens (including phenoxy) is 1. The number of methoxy groups -OCH3 is 1. The average Bonchev–Trinajstić information content (AvgIpc) is 2.93. The average molecular weight is 248 g/mol. The van der Waals surface area contributed by atoms with Crippen LogP contribution in [0.5, 0.6) is 11.5 Å². The fourth-order valence-electron chi connectivity index (χ4n) is 1.11. The van der Waals surface area contributed by atoms with Crippen LogP contribution in [0.1, 0.15) is 20.9 Å². The monoisotopic (exact) mass is 248 g/mol. The maximum absolute atomic E-state index is 10.3. The number of rotatable bonds is 3. The van der Waals surface area contributed by atoms with E-state index in [0.717, 1.165) is 0 Å². The zero-order chi connectivity index (χ0) is 13.4. The maximum atomic E-state index is 10.3. The molecule has 0 spiro atoms. The van der Waals surface area contributed by atoms with E-state index in [-0.39, 0.29) is 11.3 Å². The van der Waals surface area contributed by atoms with E-state index in [1.54, 1.807) is 18.2 Å². The summed E-state index contributed by atoms with van der Waals surface area (Å²) in [4.78, 5) is 20.1. The number of furan rings is 1. The van der Waals surface area contributed by atoms with Gasteiger partial charge in [0.2, 0.25) is 0 Å². The van der Waals surface area contributed by atoms with Crippen LogP contribution in [0.15, 0.2) is 41.0 Å². The predicted molar refractivity (Wildman–Crippen MR) is 64.1 cm³/mol. The van der Waals surface area contributed by atoms with Gasteiger partial charge in [0, 0.05) is 0 Å². The lowest BCUT2D eigenvalue weighted by molar-refractivity contribution is 0.109. The van der Waals surface area contributed by atoms with Crippen molar-refractivity contribution >= 4 is 12.6 Å². The molecule has 0 aliphatic rings. The predicted octanol–water partition coefficient (Wildman–Crippen LogP) is 2.31. The number of aldehydes is 2. The lowest BCUT2D eigenvalue weighted by Gasteiger charge is -2.00. The second-order valence-electron chi connectivity index (χ2n) is 3.18. The summed E-state index contributed by atoms with van der Waals surface area (Å²) in [7, 11) is 1.50. The van der Waals surface area contributed by atoms with Crippen molar-refractivity contribution in [1.82, 2.24) is 0 Å². The molecule has 5 nitrogen and oxygen atoms in total. The molecule has 18 heavy (non-hydrogen) atoms. The van der Waals surface area contributed by atoms with Gasteiger partial charge in [-0.3, -0.25) is 9.59 Å². The molecule has 0 fully saturated rings. The first kappa shape index (κ1) is 13.5. The maximum Gasteiger partial charge on any atom is 0.185 e. The molecule has 1 N–H and O–H groups in total. The summed E-state index contributed by atoms with van der Waals surface area (Å²) in [6.07, 6.45) is 2.71. The Kier molecular flexibility index (Phi) is 5.18. The molecule has 2 aromatic rings. The van der Waals surface area contributed by atoms with Crippen LogP contribution in [0.2, 0.25) is 0 Å². The normalized spacial score (nSPS) is 8.94. The van der Waals surface area contributed by atoms with Gasteiger partial charge in [-0.05, 0) is 30.3 Å². The zero-order valence-corrected chi connectivity index (χ0v) is 9.70. The number of phenolic OH excluding ortho intramolecular Hbond substituents is 1. The molecule has 2 rings (SSSR count). The molecular weight excluding hydrogens is 236 g/mol. The van der Waals surface area contributed by atoms with Crippen LogP contribution in [-0.2, 0) is 0 Å². The van der Waals surface area contributed by atoms with Crippen molar-refractivity contribution in [2.24, 2.45) is 0 Å². The first-order valence-corrected chi connectivity index (χ1v) is 5.02. The number of benzene rings is 1. The second-order valence-corrected chi connectivity index (χ2v) is 3.18. The molecular formula is C13H12O5. The summed E-state index contributed by atoms with van der Waals surface area (Å²) in [6, 6.07) is 7.75. The highest BCUT2D eigenvalue weighted by Gasteiger charge is 2.00. The topological polar surface area (TPSA) is 76.7 Å². The Morgan fingerprint density at radius 3 is 2.44 bits per heavy atom. The van der Waals surface area contributed by atoms with Gasteiger partial charge in [-0.25, -0.2) is 0 Å². The van der Waals surface area contributed by atoms with Gasteiger partial charge in [0.15, 0.2) is 18.3 Å². The van der Waals surface area contributed by atoms with Crippen LogP contribution in [0.25, 0.3) is 0 Å². The van der Waals surface area contributed by atoms with Gasteiger partial charge in [0.25, 0.3) is 0 Å². The molecule has 0 aliphatic carbocycles. The minimum Gasteiger partial charge on any atom is -0.507 e. The molecule has 0 radical (unpaired) electrons. The first-order valence-electron chi connectivity index (χ1n) is 5.02. The molecule has 0 saturated carbocycles. The molecule has 1 aromatic carbocycles. The van der Waals surface area contributed by atoms with Gasteiger partial charge in [-0.15, -0.1) is 0 Å². The van der Waals surface area contributed by atoms with E-state index in [4.69, 9.17) is 9.84 Å². The van der Waals surface area contributed by atoms with Gasteiger partial charge in [-0.1, -0.05) is 0 Å². The van der Waals surface area contributed by atoms with Crippen molar-refractivity contribution < 1.29 is 23.8 Å². The Hall–Kier alpha value is -2.56. The van der Waals surface area contributed by atoms with Gasteiger partial charge in [0.05, 0.1) is 18.9 Å². The third-order valence-corrected chi connectivity index (χ3v) is 2.02. The molecule has 5 heteroatoms. The van der Waals surface area contributed by atoms with Gasteiger partial charge in [-0.2, -0.15) is 0 Å². The fraction of sp³-hybridized carbons (Fsp3) is 0.0769. The molecule has 0 bridgehead atoms. The molecule has 0 saturated heterocycles. The molecule has 1 heterocycles. The van der Waals surface area contributed by atoms with E-state index >= 15 is 0 Å². The molecule has 0 amide bonds. The van der Waals surface area contributed by atoms with Crippen LogP contribution in [-0.4, -0.2) is 24.8 Å². The molecule has 0 unspecified atom stereocenters. The SMILES string of the molecule is COc1ccc(O)c(C=O)c1.O=Cc1ccco1. The number of aromatic hydroxyl groups is 1.